The number of hydrogen-bond acceptors (Lipinski definition) is 6. The molecule has 2 aliphatic rings. The lowest BCUT2D eigenvalue weighted by molar-refractivity contribution is -0.123. The molecule has 136 valence electrons. The van der Waals surface area contributed by atoms with Gasteiger partial charge < -0.3 is 10.1 Å². The van der Waals surface area contributed by atoms with E-state index in [1.54, 1.807) is 18.4 Å². The fraction of sp³-hybridized carbons (Fsp3) is 0.250. The summed E-state index contributed by atoms with van der Waals surface area (Å²) in [5, 5.41) is 9.77. The van der Waals surface area contributed by atoms with Gasteiger partial charge >= 0.3 is 0 Å². The molecule has 0 spiro atoms. The highest BCUT2D eigenvalue weighted by atomic mass is 32.1. The number of allylic oxidation sites excluding steroid dienone is 2. The second-order valence-electron chi connectivity index (χ2n) is 6.76. The Bertz CT molecular complexity index is 1010. The minimum Gasteiger partial charge on any atom is -0.497 e. The van der Waals surface area contributed by atoms with E-state index in [-0.39, 0.29) is 23.7 Å². The van der Waals surface area contributed by atoms with Crippen molar-refractivity contribution < 1.29 is 9.53 Å². The third-order valence-corrected chi connectivity index (χ3v) is 6.26. The van der Waals surface area contributed by atoms with Crippen LogP contribution in [0.4, 0.5) is 5.95 Å². The lowest BCUT2D eigenvalue weighted by Crippen LogP contribution is -2.40. The molecule has 27 heavy (non-hydrogen) atoms. The SMILES string of the molecule is COc1ccc([C@H]2[C@@H]3C(=O)C[C@@H](c4cccs4)C=C3Nc3ncnn32)cc1. The van der Waals surface area contributed by atoms with Crippen molar-refractivity contribution >= 4 is 23.1 Å². The summed E-state index contributed by atoms with van der Waals surface area (Å²) in [7, 11) is 1.64. The fourth-order valence-electron chi connectivity index (χ4n) is 4.00. The van der Waals surface area contributed by atoms with Crippen molar-refractivity contribution in [2.24, 2.45) is 5.92 Å². The summed E-state index contributed by atoms with van der Waals surface area (Å²) in [5.41, 5.74) is 1.94. The first-order valence-corrected chi connectivity index (χ1v) is 9.71. The summed E-state index contributed by atoms with van der Waals surface area (Å²) in [6.45, 7) is 0. The third-order valence-electron chi connectivity index (χ3n) is 5.26. The normalized spacial score (nSPS) is 23.8. The van der Waals surface area contributed by atoms with Gasteiger partial charge in [0.15, 0.2) is 0 Å². The van der Waals surface area contributed by atoms with Crippen LogP contribution in [-0.2, 0) is 4.79 Å². The lowest BCUT2D eigenvalue weighted by Gasteiger charge is -2.37. The Hall–Kier alpha value is -2.93. The largest absolute Gasteiger partial charge is 0.497 e. The Morgan fingerprint density at radius 2 is 2.11 bits per heavy atom. The molecule has 3 aromatic rings. The second-order valence-corrected chi connectivity index (χ2v) is 7.74. The van der Waals surface area contributed by atoms with Gasteiger partial charge in [0, 0.05) is 22.9 Å². The molecule has 0 fully saturated rings. The first kappa shape index (κ1) is 16.3. The Kier molecular flexibility index (Phi) is 3.82. The van der Waals surface area contributed by atoms with Crippen molar-refractivity contribution in [2.45, 2.75) is 18.4 Å². The van der Waals surface area contributed by atoms with Gasteiger partial charge in [-0.2, -0.15) is 10.1 Å². The van der Waals surface area contributed by atoms with Crippen molar-refractivity contribution in [3.8, 4) is 5.75 Å². The van der Waals surface area contributed by atoms with Crippen LogP contribution < -0.4 is 10.1 Å². The topological polar surface area (TPSA) is 69.0 Å². The zero-order valence-corrected chi connectivity index (χ0v) is 15.5. The first-order valence-electron chi connectivity index (χ1n) is 8.83. The number of nitrogens with one attached hydrogen (secondary N) is 1. The van der Waals surface area contributed by atoms with Gasteiger partial charge in [-0.15, -0.1) is 11.3 Å². The maximum atomic E-state index is 13.2. The number of nitrogens with zero attached hydrogens (tertiary/aromatic N) is 3. The number of ketones is 1. The van der Waals surface area contributed by atoms with Gasteiger partial charge in [-0.1, -0.05) is 24.3 Å². The third kappa shape index (κ3) is 2.66. The van der Waals surface area contributed by atoms with Crippen LogP contribution in [0, 0.1) is 5.92 Å². The monoisotopic (exact) mass is 378 g/mol. The van der Waals surface area contributed by atoms with E-state index in [4.69, 9.17) is 4.74 Å². The number of ether oxygens (including phenoxy) is 1. The van der Waals surface area contributed by atoms with E-state index in [0.717, 1.165) is 17.0 Å². The van der Waals surface area contributed by atoms with E-state index >= 15 is 0 Å². The highest BCUT2D eigenvalue weighted by Gasteiger charge is 2.43. The molecule has 1 aliphatic heterocycles. The zero-order valence-electron chi connectivity index (χ0n) is 14.7. The first-order chi connectivity index (χ1) is 13.2. The van der Waals surface area contributed by atoms with Gasteiger partial charge in [0.25, 0.3) is 0 Å². The number of aromatic nitrogens is 3. The minimum absolute atomic E-state index is 0.113. The second kappa shape index (κ2) is 6.35. The van der Waals surface area contributed by atoms with E-state index in [1.165, 1.54) is 11.2 Å². The molecule has 1 aliphatic carbocycles. The van der Waals surface area contributed by atoms with E-state index in [2.05, 4.69) is 32.9 Å². The maximum absolute atomic E-state index is 13.2. The van der Waals surface area contributed by atoms with Gasteiger partial charge in [-0.25, -0.2) is 4.68 Å². The molecule has 0 saturated heterocycles. The van der Waals surface area contributed by atoms with Gasteiger partial charge in [-0.05, 0) is 29.1 Å². The van der Waals surface area contributed by atoms with E-state index in [1.807, 2.05) is 35.0 Å². The Morgan fingerprint density at radius 3 is 2.85 bits per heavy atom. The van der Waals surface area contributed by atoms with Gasteiger partial charge in [0.05, 0.1) is 19.1 Å². The van der Waals surface area contributed by atoms with Crippen LogP contribution >= 0.6 is 11.3 Å². The van der Waals surface area contributed by atoms with Crippen LogP contribution in [0.2, 0.25) is 0 Å². The molecular formula is C20H18N4O2S. The van der Waals surface area contributed by atoms with Crippen LogP contribution in [-0.4, -0.2) is 27.7 Å². The quantitative estimate of drug-likeness (QED) is 0.754. The zero-order chi connectivity index (χ0) is 18.4. The van der Waals surface area contributed by atoms with Crippen LogP contribution in [0.3, 0.4) is 0 Å². The van der Waals surface area contributed by atoms with Crippen LogP contribution in [0.5, 0.6) is 5.75 Å². The molecule has 0 amide bonds. The molecule has 0 bridgehead atoms. The standard InChI is InChI=1S/C20H18N4O2S/c1-26-14-6-4-12(5-7-14)19-18-15(23-20-21-11-22-24(19)20)9-13(10-16(18)25)17-3-2-8-27-17/h2-9,11,13,18-19H,10H2,1H3,(H,21,22,23)/t13-,18-,19-/m0/s1. The number of anilines is 1. The maximum Gasteiger partial charge on any atom is 0.226 e. The Labute approximate surface area is 160 Å². The van der Waals surface area contributed by atoms with E-state index in [9.17, 15) is 4.79 Å². The van der Waals surface area contributed by atoms with Crippen molar-refractivity contribution in [3.05, 3.63) is 70.3 Å². The average molecular weight is 378 g/mol. The molecule has 0 radical (unpaired) electrons. The predicted molar refractivity (Wildman–Crippen MR) is 103 cm³/mol. The summed E-state index contributed by atoms with van der Waals surface area (Å²) in [6, 6.07) is 11.7. The van der Waals surface area contributed by atoms with Crippen LogP contribution in [0.1, 0.15) is 28.8 Å². The number of thiophene rings is 1. The highest BCUT2D eigenvalue weighted by Crippen LogP contribution is 2.44. The summed E-state index contributed by atoms with van der Waals surface area (Å²) >= 11 is 1.69. The number of hydrogen-bond donors (Lipinski definition) is 1. The molecule has 5 rings (SSSR count). The number of carbonyl (C=O) groups excluding carboxylic acids is 1. The molecule has 7 heteroatoms. The number of Topliss-reactive ketones (excluding diaryl/α,β-unsaturated/α-hetero) is 1. The number of carbonyl (C=O) groups is 1. The van der Waals surface area contributed by atoms with Gasteiger partial charge in [0.1, 0.15) is 17.9 Å². The van der Waals surface area contributed by atoms with Crippen molar-refractivity contribution in [3.63, 3.8) is 0 Å². The van der Waals surface area contributed by atoms with Gasteiger partial charge in [-0.3, -0.25) is 4.79 Å². The summed E-state index contributed by atoms with van der Waals surface area (Å²) in [5.74, 6) is 1.50. The van der Waals surface area contributed by atoms with Crippen molar-refractivity contribution in [2.75, 3.05) is 12.4 Å². The van der Waals surface area contributed by atoms with Crippen molar-refractivity contribution in [1.29, 1.82) is 0 Å². The molecule has 3 heterocycles. The van der Waals surface area contributed by atoms with Gasteiger partial charge in [0.2, 0.25) is 5.95 Å². The number of rotatable bonds is 3. The molecule has 0 saturated carbocycles. The summed E-state index contributed by atoms with van der Waals surface area (Å²) in [4.78, 5) is 18.8. The predicted octanol–water partition coefficient (Wildman–Crippen LogP) is 3.62. The van der Waals surface area contributed by atoms with E-state index < -0.39 is 0 Å². The molecule has 1 aromatic carbocycles. The fourth-order valence-corrected chi connectivity index (χ4v) is 4.79. The smallest absolute Gasteiger partial charge is 0.226 e. The number of methoxy groups -OCH3 is 1. The number of fused-ring (bicyclic) bond motifs is 2. The summed E-state index contributed by atoms with van der Waals surface area (Å²) < 4.78 is 7.08. The molecule has 6 nitrogen and oxygen atoms in total. The van der Waals surface area contributed by atoms with Crippen molar-refractivity contribution in [1.82, 2.24) is 14.8 Å². The molecule has 3 atom stereocenters. The molecule has 0 unspecified atom stereocenters. The molecule has 2 aromatic heterocycles. The minimum atomic E-state index is -0.288. The molecule has 1 N–H and O–H groups in total. The Morgan fingerprint density at radius 1 is 1.26 bits per heavy atom. The Balaban J connectivity index is 1.60. The van der Waals surface area contributed by atoms with Crippen LogP contribution in [0.15, 0.2) is 59.9 Å². The lowest BCUT2D eigenvalue weighted by atomic mass is 9.77. The van der Waals surface area contributed by atoms with E-state index in [0.29, 0.717) is 12.4 Å². The summed E-state index contributed by atoms with van der Waals surface area (Å²) in [6.07, 6.45) is 4.22. The average Bonchev–Trinajstić information content (AvgIpc) is 3.38. The van der Waals surface area contributed by atoms with Crippen LogP contribution in [0.25, 0.3) is 0 Å². The number of benzene rings is 1. The highest BCUT2D eigenvalue weighted by molar-refractivity contribution is 7.10. The molecular weight excluding hydrogens is 360 g/mol.